The van der Waals surface area contributed by atoms with Gasteiger partial charge < -0.3 is 14.6 Å². The summed E-state index contributed by atoms with van der Waals surface area (Å²) in [4.78, 5) is 11.4. The summed E-state index contributed by atoms with van der Waals surface area (Å²) in [5, 5.41) is 9.43. The molecule has 0 unspecified atom stereocenters. The molecule has 0 aliphatic rings. The first-order valence-electron chi connectivity index (χ1n) is 7.82. The maximum absolute atomic E-state index is 12.8. The minimum absolute atomic E-state index is 0.0233. The molecule has 0 bridgehead atoms. The average molecular weight is 379 g/mol. The number of sulfonamides is 1. The molecule has 0 aliphatic carbocycles. The van der Waals surface area contributed by atoms with Crippen LogP contribution in [0.5, 0.6) is 5.75 Å². The second kappa shape index (κ2) is 8.79. The van der Waals surface area contributed by atoms with Crippen LogP contribution in [0, 0.1) is 0 Å². The molecule has 0 spiro atoms. The zero-order chi connectivity index (χ0) is 19.2. The number of hydrogen-bond acceptors (Lipinski definition) is 5. The predicted molar refractivity (Wildman–Crippen MR) is 95.6 cm³/mol. The van der Waals surface area contributed by atoms with Crippen LogP contribution in [0.2, 0.25) is 0 Å². The number of carboxylic acids is 1. The largest absolute Gasteiger partial charge is 0.495 e. The fraction of sp³-hybridized carbons (Fsp3) is 0.278. The molecule has 7 nitrogen and oxygen atoms in total. The third-order valence-corrected chi connectivity index (χ3v) is 5.20. The second-order valence-corrected chi connectivity index (χ2v) is 7.30. The molecule has 2 rings (SSSR count). The maximum atomic E-state index is 12.8. The zero-order valence-corrected chi connectivity index (χ0v) is 15.3. The summed E-state index contributed by atoms with van der Waals surface area (Å²) in [5.41, 5.74) is 1.34. The summed E-state index contributed by atoms with van der Waals surface area (Å²) in [7, 11) is -1.27. The van der Waals surface area contributed by atoms with Crippen LogP contribution in [0.15, 0.2) is 53.4 Å². The summed E-state index contributed by atoms with van der Waals surface area (Å²) < 4.78 is 37.9. The van der Waals surface area contributed by atoms with Crippen molar-refractivity contribution >= 4 is 16.0 Å². The molecule has 0 saturated heterocycles. The number of nitrogens with one attached hydrogen (secondary N) is 1. The molecular weight excluding hydrogens is 358 g/mol. The molecule has 140 valence electrons. The van der Waals surface area contributed by atoms with Gasteiger partial charge in [0.05, 0.1) is 13.7 Å². The maximum Gasteiger partial charge on any atom is 0.322 e. The van der Waals surface area contributed by atoms with Gasteiger partial charge in [0, 0.05) is 7.11 Å². The molecular formula is C18H21NO6S. The van der Waals surface area contributed by atoms with Gasteiger partial charge in [-0.25, -0.2) is 8.42 Å². The van der Waals surface area contributed by atoms with Gasteiger partial charge in [0.1, 0.15) is 16.7 Å². The lowest BCUT2D eigenvalue weighted by Crippen LogP contribution is -2.42. The summed E-state index contributed by atoms with van der Waals surface area (Å²) in [6, 6.07) is 12.1. The van der Waals surface area contributed by atoms with Crippen molar-refractivity contribution in [2.45, 2.75) is 24.0 Å². The Hall–Kier alpha value is -2.42. The first-order valence-corrected chi connectivity index (χ1v) is 9.30. The van der Waals surface area contributed by atoms with Gasteiger partial charge in [-0.3, -0.25) is 4.79 Å². The standard InChI is InChI=1S/C18H21NO6S/c1-24-12-14-8-9-16(25-2)17(11-14)26(22,23)19-15(18(20)21)10-13-6-4-3-5-7-13/h3-9,11,15,19H,10,12H2,1-2H3,(H,20,21)/t15-/m1/s1. The van der Waals surface area contributed by atoms with E-state index >= 15 is 0 Å². The highest BCUT2D eigenvalue weighted by atomic mass is 32.2. The van der Waals surface area contributed by atoms with E-state index in [0.717, 1.165) is 0 Å². The highest BCUT2D eigenvalue weighted by molar-refractivity contribution is 7.89. The molecule has 0 radical (unpaired) electrons. The lowest BCUT2D eigenvalue weighted by Gasteiger charge is -2.17. The van der Waals surface area contributed by atoms with Gasteiger partial charge in [-0.2, -0.15) is 4.72 Å². The van der Waals surface area contributed by atoms with Crippen molar-refractivity contribution in [3.63, 3.8) is 0 Å². The SMILES string of the molecule is COCc1ccc(OC)c(S(=O)(=O)N[C@H](Cc2ccccc2)C(=O)O)c1. The van der Waals surface area contributed by atoms with Crippen molar-refractivity contribution in [1.82, 2.24) is 4.72 Å². The van der Waals surface area contributed by atoms with Crippen LogP contribution in [0.4, 0.5) is 0 Å². The van der Waals surface area contributed by atoms with Gasteiger partial charge in [-0.1, -0.05) is 36.4 Å². The van der Waals surface area contributed by atoms with Crippen molar-refractivity contribution in [2.24, 2.45) is 0 Å². The lowest BCUT2D eigenvalue weighted by molar-refractivity contribution is -0.138. The van der Waals surface area contributed by atoms with Gasteiger partial charge >= 0.3 is 5.97 Å². The minimum Gasteiger partial charge on any atom is -0.495 e. The number of aliphatic carboxylic acids is 1. The van der Waals surface area contributed by atoms with E-state index in [4.69, 9.17) is 9.47 Å². The van der Waals surface area contributed by atoms with Gasteiger partial charge in [-0.05, 0) is 29.7 Å². The van der Waals surface area contributed by atoms with Gasteiger partial charge in [0.25, 0.3) is 0 Å². The number of ether oxygens (including phenoxy) is 2. The number of carboxylic acid groups (broad SMARTS) is 1. The normalized spacial score (nSPS) is 12.5. The number of rotatable bonds is 9. The monoisotopic (exact) mass is 379 g/mol. The molecule has 2 N–H and O–H groups in total. The highest BCUT2D eigenvalue weighted by Gasteiger charge is 2.28. The molecule has 0 aliphatic heterocycles. The van der Waals surface area contributed by atoms with Crippen molar-refractivity contribution in [3.8, 4) is 5.75 Å². The van der Waals surface area contributed by atoms with Crippen LogP contribution in [0.25, 0.3) is 0 Å². The third kappa shape index (κ3) is 5.04. The van der Waals surface area contributed by atoms with Gasteiger partial charge in [0.2, 0.25) is 10.0 Å². The third-order valence-electron chi connectivity index (χ3n) is 3.71. The first kappa shape index (κ1) is 19.9. The molecule has 0 saturated carbocycles. The molecule has 0 amide bonds. The summed E-state index contributed by atoms with van der Waals surface area (Å²) in [6.07, 6.45) is 0.0233. The lowest BCUT2D eigenvalue weighted by atomic mass is 10.1. The van der Waals surface area contributed by atoms with Crippen LogP contribution >= 0.6 is 0 Å². The van der Waals surface area contributed by atoms with Crippen LogP contribution in [0.1, 0.15) is 11.1 Å². The molecule has 1 atom stereocenters. The fourth-order valence-electron chi connectivity index (χ4n) is 2.47. The molecule has 2 aromatic carbocycles. The number of methoxy groups -OCH3 is 2. The van der Waals surface area contributed by atoms with E-state index < -0.39 is 22.0 Å². The van der Waals surface area contributed by atoms with Crippen molar-refractivity contribution < 1.29 is 27.8 Å². The number of carbonyl (C=O) groups is 1. The van der Waals surface area contributed by atoms with E-state index in [2.05, 4.69) is 4.72 Å². The minimum atomic E-state index is -4.12. The van der Waals surface area contributed by atoms with Crippen LogP contribution in [0.3, 0.4) is 0 Å². The Morgan fingerprint density at radius 1 is 1.12 bits per heavy atom. The molecule has 0 heterocycles. The molecule has 0 aromatic heterocycles. The molecule has 8 heteroatoms. The second-order valence-electron chi connectivity index (χ2n) is 5.62. The van der Waals surface area contributed by atoms with E-state index in [1.807, 2.05) is 0 Å². The predicted octanol–water partition coefficient (Wildman–Crippen LogP) is 1.82. The van der Waals surface area contributed by atoms with E-state index in [-0.39, 0.29) is 23.7 Å². The Balaban J connectivity index is 2.33. The van der Waals surface area contributed by atoms with Crippen LogP contribution in [-0.4, -0.2) is 39.8 Å². The summed E-state index contributed by atoms with van der Waals surface area (Å²) >= 11 is 0. The smallest absolute Gasteiger partial charge is 0.322 e. The Morgan fingerprint density at radius 3 is 2.38 bits per heavy atom. The van der Waals surface area contributed by atoms with Crippen molar-refractivity contribution in [2.75, 3.05) is 14.2 Å². The summed E-state index contributed by atoms with van der Waals surface area (Å²) in [5.74, 6) is -1.13. The van der Waals surface area contributed by atoms with Gasteiger partial charge in [-0.15, -0.1) is 0 Å². The Morgan fingerprint density at radius 2 is 1.81 bits per heavy atom. The van der Waals surface area contributed by atoms with E-state index in [1.54, 1.807) is 36.4 Å². The molecule has 0 fully saturated rings. The Kier molecular flexibility index (Phi) is 6.73. The Bertz CT molecular complexity index is 851. The number of benzene rings is 2. The molecule has 2 aromatic rings. The van der Waals surface area contributed by atoms with Crippen LogP contribution < -0.4 is 9.46 Å². The summed E-state index contributed by atoms with van der Waals surface area (Å²) in [6.45, 7) is 0.221. The Labute approximate surface area is 152 Å². The van der Waals surface area contributed by atoms with Crippen molar-refractivity contribution in [1.29, 1.82) is 0 Å². The van der Waals surface area contributed by atoms with E-state index in [0.29, 0.717) is 11.1 Å². The first-order chi connectivity index (χ1) is 12.4. The fourth-order valence-corrected chi connectivity index (χ4v) is 3.88. The van der Waals surface area contributed by atoms with Crippen molar-refractivity contribution in [3.05, 3.63) is 59.7 Å². The van der Waals surface area contributed by atoms with E-state index in [1.165, 1.54) is 26.4 Å². The highest BCUT2D eigenvalue weighted by Crippen LogP contribution is 2.25. The zero-order valence-electron chi connectivity index (χ0n) is 14.5. The average Bonchev–Trinajstić information content (AvgIpc) is 2.62. The van der Waals surface area contributed by atoms with E-state index in [9.17, 15) is 18.3 Å². The van der Waals surface area contributed by atoms with Gasteiger partial charge in [0.15, 0.2) is 0 Å². The van der Waals surface area contributed by atoms with Crippen LogP contribution in [-0.2, 0) is 32.6 Å². The quantitative estimate of drug-likeness (QED) is 0.689. The molecule has 26 heavy (non-hydrogen) atoms. The topological polar surface area (TPSA) is 102 Å². The number of hydrogen-bond donors (Lipinski definition) is 2.